The highest BCUT2D eigenvalue weighted by Crippen LogP contribution is 2.31. The van der Waals surface area contributed by atoms with Gasteiger partial charge in [-0.3, -0.25) is 4.57 Å². The number of benzene rings is 6. The Bertz CT molecular complexity index is 2710. The molecule has 0 unspecified atom stereocenters. The first-order chi connectivity index (χ1) is 25.3. The van der Waals surface area contributed by atoms with Gasteiger partial charge in [-0.25, -0.2) is 9.55 Å². The van der Waals surface area contributed by atoms with Crippen LogP contribution < -0.4 is 25.3 Å². The second kappa shape index (κ2) is 11.6. The summed E-state index contributed by atoms with van der Waals surface area (Å²) in [5, 5.41) is 7.19. The summed E-state index contributed by atoms with van der Waals surface area (Å²) in [5.41, 5.74) is 5.63. The molecule has 0 radical (unpaired) electrons. The molecule has 5 heteroatoms. The smallest absolute Gasteiger partial charge is 0.249 e. The molecule has 0 aliphatic rings. The Morgan fingerprint density at radius 2 is 1.22 bits per heavy atom. The standard InChI is InChI=1S/C44H35N4Si/c1-32-26-27-45-44(28-32)48-40-21-10-9-20-38(40)39-25-24-37(30-43(39)48)49(34-15-5-3-6-16-34,35-17-7-4-8-18-35)36-19-13-14-33(29-36)47-31-46(2)41-22-11-12-23-42(41)47/h3-31H,1-2H3/q+1/i1D3. The minimum Gasteiger partial charge on any atom is -0.294 e. The van der Waals surface area contributed by atoms with Gasteiger partial charge in [0.05, 0.1) is 18.1 Å². The molecular formula is C44H35N4Si+. The van der Waals surface area contributed by atoms with Crippen molar-refractivity contribution in [1.82, 2.24) is 14.1 Å². The number of hydrogen-bond donors (Lipinski definition) is 0. The van der Waals surface area contributed by atoms with Crippen LogP contribution in [0, 0.1) is 6.85 Å². The van der Waals surface area contributed by atoms with Crippen molar-refractivity contribution in [3.63, 3.8) is 0 Å². The van der Waals surface area contributed by atoms with Gasteiger partial charge in [0.25, 0.3) is 0 Å². The monoisotopic (exact) mass is 650 g/mol. The molecule has 0 fully saturated rings. The fraction of sp³-hybridized carbons (Fsp3) is 0.0455. The third-order valence-electron chi connectivity index (χ3n) is 9.86. The maximum absolute atomic E-state index is 8.15. The van der Waals surface area contributed by atoms with Crippen molar-refractivity contribution in [2.75, 3.05) is 0 Å². The third kappa shape index (κ3) is 4.58. The van der Waals surface area contributed by atoms with Crippen LogP contribution in [0.25, 0.3) is 44.3 Å². The van der Waals surface area contributed by atoms with E-state index in [4.69, 9.17) is 9.10 Å². The number of hydrogen-bond acceptors (Lipinski definition) is 1. The van der Waals surface area contributed by atoms with Crippen molar-refractivity contribution >= 4 is 61.7 Å². The number of nitrogens with zero attached hydrogens (tertiary/aromatic N) is 4. The minimum absolute atomic E-state index is 0.264. The van der Waals surface area contributed by atoms with Crippen molar-refractivity contribution < 1.29 is 8.68 Å². The number of imidazole rings is 1. The molecule has 49 heavy (non-hydrogen) atoms. The molecule has 0 aliphatic heterocycles. The van der Waals surface area contributed by atoms with E-state index in [1.54, 1.807) is 18.3 Å². The Kier molecular flexibility index (Phi) is 6.14. The van der Waals surface area contributed by atoms with Crippen LogP contribution >= 0.6 is 0 Å². The molecule has 9 rings (SSSR count). The lowest BCUT2D eigenvalue weighted by molar-refractivity contribution is -0.645. The van der Waals surface area contributed by atoms with E-state index in [-0.39, 0.29) is 5.56 Å². The summed E-state index contributed by atoms with van der Waals surface area (Å²) >= 11 is 0. The van der Waals surface area contributed by atoms with Crippen molar-refractivity contribution in [3.8, 4) is 11.5 Å². The Labute approximate surface area is 291 Å². The van der Waals surface area contributed by atoms with E-state index < -0.39 is 14.9 Å². The molecule has 6 aromatic carbocycles. The molecule has 0 saturated carbocycles. The van der Waals surface area contributed by atoms with Crippen LogP contribution in [-0.4, -0.2) is 22.2 Å². The Hall–Kier alpha value is -6.04. The summed E-state index contributed by atoms with van der Waals surface area (Å²) in [5.74, 6) is 0.581. The second-order valence-electron chi connectivity index (χ2n) is 12.6. The second-order valence-corrected chi connectivity index (χ2v) is 16.4. The first kappa shape index (κ1) is 26.0. The zero-order valence-corrected chi connectivity index (χ0v) is 28.0. The highest BCUT2D eigenvalue weighted by atomic mass is 28.3. The van der Waals surface area contributed by atoms with E-state index in [0.29, 0.717) is 5.82 Å². The maximum Gasteiger partial charge on any atom is 0.249 e. The van der Waals surface area contributed by atoms with Gasteiger partial charge in [0.2, 0.25) is 6.33 Å². The van der Waals surface area contributed by atoms with Crippen LogP contribution in [0.2, 0.25) is 0 Å². The molecule has 0 spiro atoms. The van der Waals surface area contributed by atoms with Crippen molar-refractivity contribution in [2.45, 2.75) is 6.85 Å². The van der Waals surface area contributed by atoms with Crippen molar-refractivity contribution in [3.05, 3.63) is 182 Å². The van der Waals surface area contributed by atoms with Crippen LogP contribution in [-0.2, 0) is 7.05 Å². The molecule has 0 amide bonds. The number of pyridine rings is 1. The fourth-order valence-electron chi connectivity index (χ4n) is 7.73. The van der Waals surface area contributed by atoms with Crippen LogP contribution in [0.1, 0.15) is 9.68 Å². The molecule has 0 atom stereocenters. The number of aryl methyl sites for hydroxylation is 2. The Morgan fingerprint density at radius 1 is 0.571 bits per heavy atom. The number of fused-ring (bicyclic) bond motifs is 4. The average molecular weight is 651 g/mol. The van der Waals surface area contributed by atoms with Gasteiger partial charge in [-0.2, -0.15) is 4.57 Å². The van der Waals surface area contributed by atoms with E-state index in [9.17, 15) is 0 Å². The summed E-state index contributed by atoms with van der Waals surface area (Å²) in [4.78, 5) is 4.75. The first-order valence-electron chi connectivity index (χ1n) is 18.0. The highest BCUT2D eigenvalue weighted by Gasteiger charge is 2.42. The van der Waals surface area contributed by atoms with Crippen molar-refractivity contribution in [1.29, 1.82) is 0 Å². The molecule has 9 aromatic rings. The lowest BCUT2D eigenvalue weighted by Gasteiger charge is -2.34. The molecule has 3 heterocycles. The molecule has 0 N–H and O–H groups in total. The quantitative estimate of drug-likeness (QED) is 0.113. The van der Waals surface area contributed by atoms with Gasteiger partial charge in [0.15, 0.2) is 19.1 Å². The van der Waals surface area contributed by atoms with E-state index in [1.165, 1.54) is 20.7 Å². The summed E-state index contributed by atoms with van der Waals surface area (Å²) in [6.45, 7) is -2.25. The van der Waals surface area contributed by atoms with Crippen LogP contribution in [0.5, 0.6) is 0 Å². The first-order valence-corrected chi connectivity index (χ1v) is 18.5. The minimum atomic E-state index is -3.00. The normalized spacial score (nSPS) is 13.0. The average Bonchev–Trinajstić information content (AvgIpc) is 3.70. The van der Waals surface area contributed by atoms with Gasteiger partial charge < -0.3 is 0 Å². The SMILES string of the molecule is [2H]C([2H])([2H])c1ccnc(-n2c3ccccc3c3ccc([Si](c4ccccc4)(c4ccccc4)c4cccc(-n5c[n+](C)c6ccccc65)c4)cc32)c1. The largest absolute Gasteiger partial charge is 0.294 e. The van der Waals surface area contributed by atoms with Gasteiger partial charge in [-0.15, -0.1) is 0 Å². The van der Waals surface area contributed by atoms with Gasteiger partial charge in [-0.05, 0) is 81.7 Å². The predicted molar refractivity (Wildman–Crippen MR) is 205 cm³/mol. The number of rotatable bonds is 6. The molecule has 3 aromatic heterocycles. The molecule has 0 bridgehead atoms. The zero-order chi connectivity index (χ0) is 35.5. The summed E-state index contributed by atoms with van der Waals surface area (Å²) in [6, 6.07) is 57.9. The number of para-hydroxylation sites is 3. The van der Waals surface area contributed by atoms with Crippen molar-refractivity contribution in [2.24, 2.45) is 7.05 Å². The van der Waals surface area contributed by atoms with E-state index >= 15 is 0 Å². The summed E-state index contributed by atoms with van der Waals surface area (Å²) in [7, 11) is -0.910. The maximum atomic E-state index is 8.15. The Morgan fingerprint density at radius 3 is 2.00 bits per heavy atom. The predicted octanol–water partition coefficient (Wildman–Crippen LogP) is 6.63. The van der Waals surface area contributed by atoms with E-state index in [1.807, 2.05) is 6.07 Å². The molecule has 234 valence electrons. The topological polar surface area (TPSA) is 26.6 Å². The van der Waals surface area contributed by atoms with Gasteiger partial charge >= 0.3 is 0 Å². The van der Waals surface area contributed by atoms with Gasteiger partial charge in [0, 0.05) is 21.1 Å². The van der Waals surface area contributed by atoms with Gasteiger partial charge in [-0.1, -0.05) is 115 Å². The molecule has 0 saturated heterocycles. The zero-order valence-electron chi connectivity index (χ0n) is 30.0. The summed E-state index contributed by atoms with van der Waals surface area (Å²) in [6.07, 6.45) is 3.76. The Balaban J connectivity index is 1.38. The lowest BCUT2D eigenvalue weighted by atomic mass is 10.1. The molecule has 0 aliphatic carbocycles. The third-order valence-corrected chi connectivity index (χ3v) is 14.6. The fourth-order valence-corrected chi connectivity index (χ4v) is 12.5. The summed E-state index contributed by atoms with van der Waals surface area (Å²) < 4.78 is 31.0. The highest BCUT2D eigenvalue weighted by molar-refractivity contribution is 7.20. The van der Waals surface area contributed by atoms with Crippen LogP contribution in [0.3, 0.4) is 0 Å². The van der Waals surface area contributed by atoms with Crippen LogP contribution in [0.4, 0.5) is 0 Å². The van der Waals surface area contributed by atoms with E-state index in [2.05, 4.69) is 173 Å². The molecule has 4 nitrogen and oxygen atoms in total. The van der Waals surface area contributed by atoms with Gasteiger partial charge in [0.1, 0.15) is 11.5 Å². The van der Waals surface area contributed by atoms with E-state index in [0.717, 1.165) is 38.5 Å². The number of aromatic nitrogens is 4. The lowest BCUT2D eigenvalue weighted by Crippen LogP contribution is -2.74. The van der Waals surface area contributed by atoms with Crippen LogP contribution in [0.15, 0.2) is 176 Å². The molecular weight excluding hydrogens is 613 g/mol.